The summed E-state index contributed by atoms with van der Waals surface area (Å²) in [5.41, 5.74) is 5.98. The number of amides is 2. The molecule has 2 amide bonds. The van der Waals surface area contributed by atoms with Crippen LogP contribution in [-0.4, -0.2) is 44.2 Å². The van der Waals surface area contributed by atoms with E-state index in [2.05, 4.69) is 5.32 Å². The standard InChI is InChI=1S/C19H21N3O5S/c1-27-15-8-10-16(11-9-15)28(25,26)22-12-2-3-17(22)19(24)21-14-6-4-13(5-7-14)18(20)23/h4-11,17H,2-3,12H2,1H3,(H2,20,23)(H,21,24)/t17-/m0/s1. The first-order chi connectivity index (χ1) is 13.3. The highest BCUT2D eigenvalue weighted by molar-refractivity contribution is 7.89. The normalized spacial score (nSPS) is 17.2. The molecule has 0 aliphatic carbocycles. The Hall–Kier alpha value is -2.91. The fraction of sp³-hybridized carbons (Fsp3) is 0.263. The number of methoxy groups -OCH3 is 1. The Labute approximate surface area is 163 Å². The SMILES string of the molecule is COc1ccc(S(=O)(=O)N2CCC[C@H]2C(=O)Nc2ccc(C(N)=O)cc2)cc1. The maximum absolute atomic E-state index is 13.0. The van der Waals surface area contributed by atoms with Gasteiger partial charge in [0.25, 0.3) is 0 Å². The van der Waals surface area contributed by atoms with Crippen molar-refractivity contribution in [3.8, 4) is 5.75 Å². The number of hydrogen-bond acceptors (Lipinski definition) is 5. The Morgan fingerprint density at radius 1 is 1.11 bits per heavy atom. The van der Waals surface area contributed by atoms with Crippen LogP contribution in [0, 0.1) is 0 Å². The van der Waals surface area contributed by atoms with Gasteiger partial charge in [-0.1, -0.05) is 0 Å². The Balaban J connectivity index is 1.77. The number of anilines is 1. The molecule has 0 bridgehead atoms. The lowest BCUT2D eigenvalue weighted by Crippen LogP contribution is -2.43. The van der Waals surface area contributed by atoms with Crippen molar-refractivity contribution in [1.29, 1.82) is 0 Å². The first-order valence-corrected chi connectivity index (χ1v) is 10.1. The largest absolute Gasteiger partial charge is 0.497 e. The molecular weight excluding hydrogens is 382 g/mol. The monoisotopic (exact) mass is 403 g/mol. The maximum atomic E-state index is 13.0. The quantitative estimate of drug-likeness (QED) is 0.759. The van der Waals surface area contributed by atoms with Gasteiger partial charge in [-0.2, -0.15) is 4.31 Å². The summed E-state index contributed by atoms with van der Waals surface area (Å²) >= 11 is 0. The molecule has 3 N–H and O–H groups in total. The molecule has 1 atom stereocenters. The van der Waals surface area contributed by atoms with Gasteiger partial charge in [-0.25, -0.2) is 8.42 Å². The average Bonchev–Trinajstić information content (AvgIpc) is 3.19. The predicted molar refractivity (Wildman–Crippen MR) is 103 cm³/mol. The molecule has 1 heterocycles. The summed E-state index contributed by atoms with van der Waals surface area (Å²) in [4.78, 5) is 23.9. The topological polar surface area (TPSA) is 119 Å². The van der Waals surface area contributed by atoms with E-state index in [9.17, 15) is 18.0 Å². The minimum absolute atomic E-state index is 0.110. The second-order valence-corrected chi connectivity index (χ2v) is 8.27. The molecule has 2 aromatic carbocycles. The first-order valence-electron chi connectivity index (χ1n) is 8.69. The number of benzene rings is 2. The fourth-order valence-electron chi connectivity index (χ4n) is 3.12. The van der Waals surface area contributed by atoms with Gasteiger partial charge in [-0.3, -0.25) is 9.59 Å². The highest BCUT2D eigenvalue weighted by Crippen LogP contribution is 2.28. The maximum Gasteiger partial charge on any atom is 0.248 e. The highest BCUT2D eigenvalue weighted by atomic mass is 32.2. The third-order valence-electron chi connectivity index (χ3n) is 4.61. The Morgan fingerprint density at radius 2 is 1.75 bits per heavy atom. The van der Waals surface area contributed by atoms with Crippen molar-refractivity contribution in [2.45, 2.75) is 23.8 Å². The number of carbonyl (C=O) groups excluding carboxylic acids is 2. The third kappa shape index (κ3) is 4.00. The van der Waals surface area contributed by atoms with Gasteiger partial charge in [0.05, 0.1) is 12.0 Å². The van der Waals surface area contributed by atoms with Crippen LogP contribution < -0.4 is 15.8 Å². The lowest BCUT2D eigenvalue weighted by atomic mass is 10.2. The smallest absolute Gasteiger partial charge is 0.248 e. The number of hydrogen-bond donors (Lipinski definition) is 2. The fourth-order valence-corrected chi connectivity index (χ4v) is 4.77. The van der Waals surface area contributed by atoms with Crippen LogP contribution in [0.1, 0.15) is 23.2 Å². The minimum Gasteiger partial charge on any atom is -0.497 e. The van der Waals surface area contributed by atoms with E-state index in [1.165, 1.54) is 35.7 Å². The van der Waals surface area contributed by atoms with Gasteiger partial charge in [0.15, 0.2) is 0 Å². The molecule has 0 unspecified atom stereocenters. The lowest BCUT2D eigenvalue weighted by Gasteiger charge is -2.23. The third-order valence-corrected chi connectivity index (χ3v) is 6.53. The van der Waals surface area contributed by atoms with Gasteiger partial charge in [-0.15, -0.1) is 0 Å². The summed E-state index contributed by atoms with van der Waals surface area (Å²) in [7, 11) is -2.31. The Kier molecular flexibility index (Phi) is 5.66. The molecule has 8 nitrogen and oxygen atoms in total. The van der Waals surface area contributed by atoms with E-state index in [-0.39, 0.29) is 11.4 Å². The van der Waals surface area contributed by atoms with E-state index in [1.54, 1.807) is 24.3 Å². The molecule has 0 aromatic heterocycles. The Morgan fingerprint density at radius 3 is 2.32 bits per heavy atom. The number of primary amides is 1. The van der Waals surface area contributed by atoms with Crippen molar-refractivity contribution in [3.63, 3.8) is 0 Å². The van der Waals surface area contributed by atoms with Crippen LogP contribution in [0.3, 0.4) is 0 Å². The zero-order valence-electron chi connectivity index (χ0n) is 15.3. The zero-order valence-corrected chi connectivity index (χ0v) is 16.1. The summed E-state index contributed by atoms with van der Waals surface area (Å²) in [6.07, 6.45) is 1.02. The van der Waals surface area contributed by atoms with Crippen LogP contribution in [0.5, 0.6) is 5.75 Å². The van der Waals surface area contributed by atoms with E-state index < -0.39 is 27.9 Å². The van der Waals surface area contributed by atoms with Gasteiger partial charge in [0.2, 0.25) is 21.8 Å². The average molecular weight is 403 g/mol. The van der Waals surface area contributed by atoms with Crippen molar-refractivity contribution >= 4 is 27.5 Å². The number of ether oxygens (including phenoxy) is 1. The first kappa shape index (κ1) is 19.8. The van der Waals surface area contributed by atoms with Crippen molar-refractivity contribution in [2.75, 3.05) is 19.0 Å². The van der Waals surface area contributed by atoms with E-state index in [1.807, 2.05) is 0 Å². The molecule has 2 aromatic rings. The summed E-state index contributed by atoms with van der Waals surface area (Å²) in [5.74, 6) is -0.430. The molecule has 1 saturated heterocycles. The number of sulfonamides is 1. The molecular formula is C19H21N3O5S. The van der Waals surface area contributed by atoms with E-state index in [0.29, 0.717) is 29.8 Å². The van der Waals surface area contributed by atoms with Crippen LogP contribution in [-0.2, 0) is 14.8 Å². The van der Waals surface area contributed by atoms with Crippen molar-refractivity contribution in [2.24, 2.45) is 5.73 Å². The molecule has 1 aliphatic heterocycles. The number of nitrogens with zero attached hydrogens (tertiary/aromatic N) is 1. The summed E-state index contributed by atoms with van der Waals surface area (Å²) in [6, 6.07) is 11.4. The predicted octanol–water partition coefficient (Wildman–Crippen LogP) is 1.59. The van der Waals surface area contributed by atoms with Crippen LogP contribution in [0.4, 0.5) is 5.69 Å². The molecule has 9 heteroatoms. The lowest BCUT2D eigenvalue weighted by molar-refractivity contribution is -0.119. The molecule has 0 spiro atoms. The minimum atomic E-state index is -3.81. The molecule has 1 fully saturated rings. The van der Waals surface area contributed by atoms with Crippen LogP contribution in [0.25, 0.3) is 0 Å². The molecule has 1 aliphatic rings. The molecule has 0 radical (unpaired) electrons. The van der Waals surface area contributed by atoms with Gasteiger partial charge in [-0.05, 0) is 61.4 Å². The van der Waals surface area contributed by atoms with Crippen molar-refractivity contribution in [1.82, 2.24) is 4.31 Å². The van der Waals surface area contributed by atoms with E-state index >= 15 is 0 Å². The zero-order chi connectivity index (χ0) is 20.3. The molecule has 3 rings (SSSR count). The van der Waals surface area contributed by atoms with Gasteiger partial charge >= 0.3 is 0 Å². The van der Waals surface area contributed by atoms with E-state index in [0.717, 1.165) is 0 Å². The van der Waals surface area contributed by atoms with Crippen LogP contribution >= 0.6 is 0 Å². The second-order valence-electron chi connectivity index (χ2n) is 6.38. The Bertz CT molecular complexity index is 972. The van der Waals surface area contributed by atoms with E-state index in [4.69, 9.17) is 10.5 Å². The van der Waals surface area contributed by atoms with Crippen LogP contribution in [0.15, 0.2) is 53.4 Å². The molecule has 0 saturated carbocycles. The van der Waals surface area contributed by atoms with Crippen molar-refractivity contribution in [3.05, 3.63) is 54.1 Å². The van der Waals surface area contributed by atoms with Crippen molar-refractivity contribution < 1.29 is 22.7 Å². The van der Waals surface area contributed by atoms with Gasteiger partial charge < -0.3 is 15.8 Å². The van der Waals surface area contributed by atoms with Crippen LogP contribution in [0.2, 0.25) is 0 Å². The molecule has 148 valence electrons. The van der Waals surface area contributed by atoms with Gasteiger partial charge in [0.1, 0.15) is 11.8 Å². The number of rotatable bonds is 6. The highest BCUT2D eigenvalue weighted by Gasteiger charge is 2.39. The summed E-state index contributed by atoms with van der Waals surface area (Å²) < 4.78 is 32.2. The summed E-state index contributed by atoms with van der Waals surface area (Å²) in [5, 5.41) is 2.70. The second kappa shape index (κ2) is 7.99. The molecule has 28 heavy (non-hydrogen) atoms. The number of nitrogens with two attached hydrogens (primary N) is 1. The number of carbonyl (C=O) groups is 2. The number of nitrogens with one attached hydrogen (secondary N) is 1. The summed E-state index contributed by atoms with van der Waals surface area (Å²) in [6.45, 7) is 0.271. The van der Waals surface area contributed by atoms with Gasteiger partial charge in [0, 0.05) is 17.8 Å².